The summed E-state index contributed by atoms with van der Waals surface area (Å²) in [6, 6.07) is 1.42. The Labute approximate surface area is 121 Å². The lowest BCUT2D eigenvalue weighted by atomic mass is 9.96. The molecule has 0 unspecified atom stereocenters. The van der Waals surface area contributed by atoms with Gasteiger partial charge in [0.15, 0.2) is 0 Å². The molecule has 0 saturated heterocycles. The zero-order chi connectivity index (χ0) is 16.3. The van der Waals surface area contributed by atoms with Gasteiger partial charge < -0.3 is 10.6 Å². The van der Waals surface area contributed by atoms with Crippen LogP contribution in [0.15, 0.2) is 6.07 Å². The van der Waals surface area contributed by atoms with Crippen molar-refractivity contribution in [3.63, 3.8) is 0 Å². The van der Waals surface area contributed by atoms with E-state index in [-0.39, 0.29) is 5.82 Å². The molecule has 2 N–H and O–H groups in total. The molecule has 0 spiro atoms. The molecule has 120 valence electrons. The van der Waals surface area contributed by atoms with Crippen molar-refractivity contribution in [1.82, 2.24) is 9.97 Å². The molecule has 0 amide bonds. The summed E-state index contributed by atoms with van der Waals surface area (Å²) >= 11 is 0. The number of nitrogens with one attached hydrogen (secondary N) is 2. The minimum absolute atomic E-state index is 0.0891. The maximum atomic E-state index is 12.9. The van der Waals surface area contributed by atoms with E-state index >= 15 is 0 Å². The maximum Gasteiger partial charge on any atom is 0.324 e. The zero-order valence-corrected chi connectivity index (χ0v) is 12.5. The molecule has 0 aromatic carbocycles. The average Bonchev–Trinajstić information content (AvgIpc) is 2.35. The summed E-state index contributed by atoms with van der Waals surface area (Å²) in [5, 5.41) is 5.21. The van der Waals surface area contributed by atoms with Crippen LogP contribution in [0, 0.1) is 0 Å². The standard InChI is InChI=1S/C13H20F4N4/c1-5-18-8-6-9(19-7-13(16,17)10(14)15)21-11(20-8)12(2,3)4/h6,10H,5,7H2,1-4H3,(H2,18,19,20,21). The summed E-state index contributed by atoms with van der Waals surface area (Å²) < 4.78 is 50.2. The normalized spacial score (nSPS) is 12.6. The van der Waals surface area contributed by atoms with E-state index in [9.17, 15) is 17.6 Å². The van der Waals surface area contributed by atoms with E-state index in [1.807, 2.05) is 27.7 Å². The first kappa shape index (κ1) is 17.5. The molecule has 0 radical (unpaired) electrons. The number of nitrogens with zero attached hydrogens (tertiary/aromatic N) is 2. The summed E-state index contributed by atoms with van der Waals surface area (Å²) in [4.78, 5) is 8.38. The lowest BCUT2D eigenvalue weighted by Gasteiger charge is -2.20. The van der Waals surface area contributed by atoms with Crippen molar-refractivity contribution in [2.24, 2.45) is 0 Å². The van der Waals surface area contributed by atoms with Crippen LogP contribution in [-0.4, -0.2) is 35.4 Å². The third-order valence-electron chi connectivity index (χ3n) is 2.58. The Hall–Kier alpha value is -1.60. The molecule has 1 heterocycles. The van der Waals surface area contributed by atoms with Crippen LogP contribution in [0.5, 0.6) is 0 Å². The SMILES string of the molecule is CCNc1cc(NCC(F)(F)C(F)F)nc(C(C)(C)C)n1. The molecule has 0 aliphatic heterocycles. The highest BCUT2D eigenvalue weighted by molar-refractivity contribution is 5.48. The van der Waals surface area contributed by atoms with Gasteiger partial charge in [-0.25, -0.2) is 18.7 Å². The van der Waals surface area contributed by atoms with Crippen molar-refractivity contribution in [3.8, 4) is 0 Å². The second-order valence-electron chi connectivity index (χ2n) is 5.66. The monoisotopic (exact) mass is 308 g/mol. The van der Waals surface area contributed by atoms with Gasteiger partial charge in [0.1, 0.15) is 17.5 Å². The Morgan fingerprint density at radius 2 is 1.62 bits per heavy atom. The van der Waals surface area contributed by atoms with Gasteiger partial charge in [0, 0.05) is 18.0 Å². The van der Waals surface area contributed by atoms with Crippen molar-refractivity contribution < 1.29 is 17.6 Å². The Morgan fingerprint density at radius 1 is 1.10 bits per heavy atom. The van der Waals surface area contributed by atoms with Gasteiger partial charge in [-0.3, -0.25) is 0 Å². The quantitative estimate of drug-likeness (QED) is 0.790. The molecule has 0 saturated carbocycles. The minimum atomic E-state index is -4.11. The molecule has 0 aliphatic carbocycles. The number of hydrogen-bond donors (Lipinski definition) is 2. The number of anilines is 2. The van der Waals surface area contributed by atoms with Crippen LogP contribution in [0.1, 0.15) is 33.5 Å². The van der Waals surface area contributed by atoms with Crippen LogP contribution in [0.25, 0.3) is 0 Å². The van der Waals surface area contributed by atoms with Crippen LogP contribution < -0.4 is 10.6 Å². The molecular formula is C13H20F4N4. The number of aromatic nitrogens is 2. The van der Waals surface area contributed by atoms with E-state index in [0.717, 1.165) is 0 Å². The predicted molar refractivity (Wildman–Crippen MR) is 74.3 cm³/mol. The molecule has 0 bridgehead atoms. The fraction of sp³-hybridized carbons (Fsp3) is 0.692. The highest BCUT2D eigenvalue weighted by Crippen LogP contribution is 2.25. The Kier molecular flexibility index (Phi) is 5.36. The first-order chi connectivity index (χ1) is 9.56. The molecule has 1 aromatic heterocycles. The molecule has 1 aromatic rings. The average molecular weight is 308 g/mol. The lowest BCUT2D eigenvalue weighted by molar-refractivity contribution is -0.117. The first-order valence-electron chi connectivity index (χ1n) is 6.59. The summed E-state index contributed by atoms with van der Waals surface area (Å²) in [6.45, 7) is 6.88. The zero-order valence-electron chi connectivity index (χ0n) is 12.5. The van der Waals surface area contributed by atoms with Gasteiger partial charge in [0.25, 0.3) is 0 Å². The summed E-state index contributed by atoms with van der Waals surface area (Å²) in [7, 11) is 0. The van der Waals surface area contributed by atoms with Crippen LogP contribution in [0.2, 0.25) is 0 Å². The molecule has 0 atom stereocenters. The van der Waals surface area contributed by atoms with E-state index in [1.165, 1.54) is 6.07 Å². The third-order valence-corrected chi connectivity index (χ3v) is 2.58. The van der Waals surface area contributed by atoms with Gasteiger partial charge in [-0.1, -0.05) is 20.8 Å². The van der Waals surface area contributed by atoms with Gasteiger partial charge in [0.2, 0.25) is 0 Å². The van der Waals surface area contributed by atoms with Gasteiger partial charge in [-0.05, 0) is 6.92 Å². The van der Waals surface area contributed by atoms with Crippen molar-refractivity contribution in [2.75, 3.05) is 23.7 Å². The lowest BCUT2D eigenvalue weighted by Crippen LogP contribution is -2.35. The van der Waals surface area contributed by atoms with Crippen LogP contribution in [0.4, 0.5) is 29.2 Å². The first-order valence-corrected chi connectivity index (χ1v) is 6.59. The van der Waals surface area contributed by atoms with E-state index in [4.69, 9.17) is 0 Å². The van der Waals surface area contributed by atoms with Crippen LogP contribution >= 0.6 is 0 Å². The van der Waals surface area contributed by atoms with Gasteiger partial charge in [0.05, 0.1) is 6.54 Å². The summed E-state index contributed by atoms with van der Waals surface area (Å²) in [5.74, 6) is -3.12. The highest BCUT2D eigenvalue weighted by atomic mass is 19.3. The Morgan fingerprint density at radius 3 is 2.05 bits per heavy atom. The topological polar surface area (TPSA) is 49.8 Å². The highest BCUT2D eigenvalue weighted by Gasteiger charge is 2.40. The van der Waals surface area contributed by atoms with E-state index in [0.29, 0.717) is 18.2 Å². The van der Waals surface area contributed by atoms with E-state index < -0.39 is 24.3 Å². The molecular weight excluding hydrogens is 288 g/mol. The van der Waals surface area contributed by atoms with Crippen molar-refractivity contribution >= 4 is 11.6 Å². The second-order valence-corrected chi connectivity index (χ2v) is 5.66. The van der Waals surface area contributed by atoms with Gasteiger partial charge in [-0.2, -0.15) is 8.78 Å². The summed E-state index contributed by atoms with van der Waals surface area (Å²) in [5.41, 5.74) is -0.396. The van der Waals surface area contributed by atoms with Crippen molar-refractivity contribution in [1.29, 1.82) is 0 Å². The number of alkyl halides is 4. The largest absolute Gasteiger partial charge is 0.370 e. The molecule has 1 rings (SSSR count). The molecule has 0 fully saturated rings. The Balaban J connectivity index is 2.98. The third kappa shape index (κ3) is 5.02. The predicted octanol–water partition coefficient (Wildman–Crippen LogP) is 3.52. The molecule has 4 nitrogen and oxygen atoms in total. The summed E-state index contributed by atoms with van der Waals surface area (Å²) in [6.07, 6.45) is -3.72. The van der Waals surface area contributed by atoms with Crippen molar-refractivity contribution in [2.45, 2.75) is 45.5 Å². The minimum Gasteiger partial charge on any atom is -0.370 e. The smallest absolute Gasteiger partial charge is 0.324 e. The number of hydrogen-bond acceptors (Lipinski definition) is 4. The van der Waals surface area contributed by atoms with Crippen LogP contribution in [0.3, 0.4) is 0 Å². The fourth-order valence-corrected chi connectivity index (χ4v) is 1.43. The van der Waals surface area contributed by atoms with Crippen LogP contribution in [-0.2, 0) is 5.41 Å². The molecule has 0 aliphatic rings. The van der Waals surface area contributed by atoms with Gasteiger partial charge >= 0.3 is 12.3 Å². The Bertz CT molecular complexity index is 472. The van der Waals surface area contributed by atoms with Gasteiger partial charge in [-0.15, -0.1) is 0 Å². The molecule has 21 heavy (non-hydrogen) atoms. The molecule has 8 heteroatoms. The van der Waals surface area contributed by atoms with Crippen molar-refractivity contribution in [3.05, 3.63) is 11.9 Å². The number of halogens is 4. The maximum absolute atomic E-state index is 12.9. The second kappa shape index (κ2) is 6.44. The van der Waals surface area contributed by atoms with E-state index in [2.05, 4.69) is 20.6 Å². The fourth-order valence-electron chi connectivity index (χ4n) is 1.43. The van der Waals surface area contributed by atoms with E-state index in [1.54, 1.807) is 0 Å². The number of rotatable bonds is 6.